The van der Waals surface area contributed by atoms with E-state index in [0.29, 0.717) is 16.1 Å². The number of hydrogen-bond donors (Lipinski definition) is 1. The van der Waals surface area contributed by atoms with Crippen LogP contribution in [0.25, 0.3) is 0 Å². The van der Waals surface area contributed by atoms with Gasteiger partial charge in [0, 0.05) is 6.04 Å². The molecule has 2 rings (SSSR count). The van der Waals surface area contributed by atoms with Gasteiger partial charge in [0.05, 0.1) is 15.7 Å². The van der Waals surface area contributed by atoms with E-state index in [2.05, 4.69) is 5.32 Å². The maximum Gasteiger partial charge on any atom is 0.0823 e. The molecule has 0 saturated heterocycles. The molecule has 1 nitrogen and oxygen atoms in total. The Balaban J connectivity index is 2.00. The minimum atomic E-state index is 0.547. The first-order chi connectivity index (χ1) is 8.27. The van der Waals surface area contributed by atoms with Gasteiger partial charge in [-0.3, -0.25) is 0 Å². The average Bonchev–Trinajstić information content (AvgIpc) is 2.28. The van der Waals surface area contributed by atoms with E-state index in [1.165, 1.54) is 44.9 Å². The fraction of sp³-hybridized carbons (Fsp3) is 0.571. The Morgan fingerprint density at radius 2 is 1.59 bits per heavy atom. The quantitative estimate of drug-likeness (QED) is 0.747. The lowest BCUT2D eigenvalue weighted by Gasteiger charge is -2.22. The molecule has 0 bridgehead atoms. The van der Waals surface area contributed by atoms with Crippen LogP contribution in [0.2, 0.25) is 10.0 Å². The largest absolute Gasteiger partial charge is 0.381 e. The molecule has 1 aromatic carbocycles. The van der Waals surface area contributed by atoms with Crippen molar-refractivity contribution in [3.63, 3.8) is 0 Å². The number of benzene rings is 1. The van der Waals surface area contributed by atoms with Crippen molar-refractivity contribution in [3.05, 3.63) is 28.2 Å². The van der Waals surface area contributed by atoms with E-state index in [9.17, 15) is 0 Å². The average molecular weight is 272 g/mol. The molecular formula is C14H19Cl2N. The molecule has 17 heavy (non-hydrogen) atoms. The van der Waals surface area contributed by atoms with Crippen LogP contribution in [0.5, 0.6) is 0 Å². The highest BCUT2D eigenvalue weighted by Gasteiger charge is 2.13. The SMILES string of the molecule is Clc1cccc(NC2CCCCCCC2)c1Cl. The highest BCUT2D eigenvalue weighted by molar-refractivity contribution is 6.43. The highest BCUT2D eigenvalue weighted by atomic mass is 35.5. The minimum Gasteiger partial charge on any atom is -0.381 e. The van der Waals surface area contributed by atoms with E-state index in [0.717, 1.165) is 5.69 Å². The van der Waals surface area contributed by atoms with Gasteiger partial charge in [0.1, 0.15) is 0 Å². The van der Waals surface area contributed by atoms with Crippen molar-refractivity contribution in [2.45, 2.75) is 51.0 Å². The van der Waals surface area contributed by atoms with Gasteiger partial charge in [-0.15, -0.1) is 0 Å². The third kappa shape index (κ3) is 3.79. The summed E-state index contributed by atoms with van der Waals surface area (Å²) in [6.07, 6.45) is 9.23. The van der Waals surface area contributed by atoms with E-state index in [-0.39, 0.29) is 0 Å². The van der Waals surface area contributed by atoms with Crippen LogP contribution < -0.4 is 5.32 Å². The Morgan fingerprint density at radius 3 is 2.29 bits per heavy atom. The third-order valence-electron chi connectivity index (χ3n) is 3.42. The molecule has 0 atom stereocenters. The van der Waals surface area contributed by atoms with Crippen LogP contribution in [0.3, 0.4) is 0 Å². The topological polar surface area (TPSA) is 12.0 Å². The summed E-state index contributed by atoms with van der Waals surface area (Å²) in [7, 11) is 0. The second-order valence-corrected chi connectivity index (χ2v) is 5.57. The predicted octanol–water partition coefficient (Wildman–Crippen LogP) is 5.52. The zero-order valence-electron chi connectivity index (χ0n) is 10.0. The molecule has 0 unspecified atom stereocenters. The summed E-state index contributed by atoms with van der Waals surface area (Å²) >= 11 is 12.2. The van der Waals surface area contributed by atoms with E-state index < -0.39 is 0 Å². The van der Waals surface area contributed by atoms with Gasteiger partial charge >= 0.3 is 0 Å². The molecule has 1 saturated carbocycles. The van der Waals surface area contributed by atoms with Gasteiger partial charge in [-0.25, -0.2) is 0 Å². The molecule has 1 aliphatic rings. The van der Waals surface area contributed by atoms with Gasteiger partial charge < -0.3 is 5.32 Å². The Morgan fingerprint density at radius 1 is 0.941 bits per heavy atom. The summed E-state index contributed by atoms with van der Waals surface area (Å²) < 4.78 is 0. The monoisotopic (exact) mass is 271 g/mol. The first-order valence-electron chi connectivity index (χ1n) is 6.48. The number of nitrogens with one attached hydrogen (secondary N) is 1. The molecule has 0 spiro atoms. The van der Waals surface area contributed by atoms with E-state index in [4.69, 9.17) is 23.2 Å². The van der Waals surface area contributed by atoms with Gasteiger partial charge in [-0.2, -0.15) is 0 Å². The van der Waals surface area contributed by atoms with Crippen LogP contribution in [0.15, 0.2) is 18.2 Å². The highest BCUT2D eigenvalue weighted by Crippen LogP contribution is 2.31. The molecule has 1 aromatic rings. The zero-order chi connectivity index (χ0) is 12.1. The normalized spacial score (nSPS) is 18.5. The van der Waals surface area contributed by atoms with Gasteiger partial charge in [-0.05, 0) is 25.0 Å². The molecule has 1 fully saturated rings. The second-order valence-electron chi connectivity index (χ2n) is 4.79. The van der Waals surface area contributed by atoms with Gasteiger partial charge in [0.15, 0.2) is 0 Å². The lowest BCUT2D eigenvalue weighted by Crippen LogP contribution is -2.20. The number of halogens is 2. The van der Waals surface area contributed by atoms with Crippen molar-refractivity contribution < 1.29 is 0 Å². The summed E-state index contributed by atoms with van der Waals surface area (Å²) in [5.41, 5.74) is 0.977. The van der Waals surface area contributed by atoms with Crippen LogP contribution in [0.1, 0.15) is 44.9 Å². The Labute approximate surface area is 114 Å². The summed E-state index contributed by atoms with van der Waals surface area (Å²) in [6, 6.07) is 6.32. The number of anilines is 1. The minimum absolute atomic E-state index is 0.547. The predicted molar refractivity (Wildman–Crippen MR) is 76.2 cm³/mol. The number of rotatable bonds is 2. The zero-order valence-corrected chi connectivity index (χ0v) is 11.5. The van der Waals surface area contributed by atoms with Crippen LogP contribution in [-0.4, -0.2) is 6.04 Å². The van der Waals surface area contributed by atoms with Gasteiger partial charge in [0.25, 0.3) is 0 Å². The maximum absolute atomic E-state index is 6.19. The second kappa shape index (κ2) is 6.51. The summed E-state index contributed by atoms with van der Waals surface area (Å²) in [6.45, 7) is 0. The maximum atomic E-state index is 6.19. The summed E-state index contributed by atoms with van der Waals surface area (Å²) in [5, 5.41) is 4.82. The van der Waals surface area contributed by atoms with Crippen molar-refractivity contribution in [1.82, 2.24) is 0 Å². The Hall–Kier alpha value is -0.400. The lowest BCUT2D eigenvalue weighted by molar-refractivity contribution is 0.471. The van der Waals surface area contributed by atoms with Crippen molar-refractivity contribution >= 4 is 28.9 Å². The fourth-order valence-corrected chi connectivity index (χ4v) is 2.79. The Kier molecular flexibility index (Phi) is 4.99. The lowest BCUT2D eigenvalue weighted by atomic mass is 9.96. The molecule has 0 radical (unpaired) electrons. The first-order valence-corrected chi connectivity index (χ1v) is 7.23. The summed E-state index contributed by atoms with van der Waals surface area (Å²) in [4.78, 5) is 0. The van der Waals surface area contributed by atoms with Gasteiger partial charge in [0.2, 0.25) is 0 Å². The molecule has 94 valence electrons. The molecule has 0 amide bonds. The van der Waals surface area contributed by atoms with Crippen LogP contribution in [-0.2, 0) is 0 Å². The van der Waals surface area contributed by atoms with E-state index >= 15 is 0 Å². The van der Waals surface area contributed by atoms with Crippen molar-refractivity contribution in [2.75, 3.05) is 5.32 Å². The fourth-order valence-electron chi connectivity index (χ4n) is 2.44. The standard InChI is InChI=1S/C14H19Cl2N/c15-12-9-6-10-13(14(12)16)17-11-7-4-2-1-3-5-8-11/h6,9-11,17H,1-5,7-8H2. The van der Waals surface area contributed by atoms with E-state index in [1.807, 2.05) is 18.2 Å². The molecule has 0 heterocycles. The molecule has 1 aliphatic carbocycles. The van der Waals surface area contributed by atoms with Crippen molar-refractivity contribution in [2.24, 2.45) is 0 Å². The van der Waals surface area contributed by atoms with E-state index in [1.54, 1.807) is 0 Å². The molecule has 1 N–H and O–H groups in total. The van der Waals surface area contributed by atoms with Crippen LogP contribution in [0, 0.1) is 0 Å². The molecule has 3 heteroatoms. The van der Waals surface area contributed by atoms with Crippen LogP contribution >= 0.6 is 23.2 Å². The first kappa shape index (κ1) is 13.0. The molecule has 0 aromatic heterocycles. The number of hydrogen-bond acceptors (Lipinski definition) is 1. The third-order valence-corrected chi connectivity index (χ3v) is 4.24. The molecular weight excluding hydrogens is 253 g/mol. The van der Waals surface area contributed by atoms with Crippen LogP contribution in [0.4, 0.5) is 5.69 Å². The van der Waals surface area contributed by atoms with Crippen molar-refractivity contribution in [3.8, 4) is 0 Å². The Bertz CT molecular complexity index is 357. The van der Waals surface area contributed by atoms with Gasteiger partial charge in [-0.1, -0.05) is 61.4 Å². The summed E-state index contributed by atoms with van der Waals surface area (Å²) in [5.74, 6) is 0. The van der Waals surface area contributed by atoms with Crippen molar-refractivity contribution in [1.29, 1.82) is 0 Å². The smallest absolute Gasteiger partial charge is 0.0823 e. The molecule has 0 aliphatic heterocycles.